The molecule has 0 aliphatic heterocycles. The fourth-order valence-corrected chi connectivity index (χ4v) is 3.07. The minimum Gasteiger partial charge on any atom is -0.508 e. The maximum atomic E-state index is 9.21. The molecule has 1 N–H and O–H groups in total. The van der Waals surface area contributed by atoms with E-state index in [-0.39, 0.29) is 5.75 Å². The largest absolute Gasteiger partial charge is 0.508 e. The van der Waals surface area contributed by atoms with Gasteiger partial charge in [-0.2, -0.15) is 0 Å². The van der Waals surface area contributed by atoms with E-state index in [1.165, 1.54) is 20.5 Å². The summed E-state index contributed by atoms with van der Waals surface area (Å²) >= 11 is 1.77. The van der Waals surface area contributed by atoms with Gasteiger partial charge in [0.05, 0.1) is 0 Å². The molecule has 1 heterocycles. The average Bonchev–Trinajstić information content (AvgIpc) is 2.83. The van der Waals surface area contributed by atoms with E-state index in [4.69, 9.17) is 4.74 Å². The van der Waals surface area contributed by atoms with Gasteiger partial charge in [-0.3, -0.25) is 0 Å². The number of aromatic hydroxyl groups is 1. The molecule has 0 fully saturated rings. The van der Waals surface area contributed by atoms with Gasteiger partial charge in [-0.25, -0.2) is 0 Å². The Labute approximate surface area is 115 Å². The maximum Gasteiger partial charge on any atom is 0.122 e. The lowest BCUT2D eigenvalue weighted by atomic mass is 10.2. The molecule has 0 atom stereocenters. The van der Waals surface area contributed by atoms with Crippen molar-refractivity contribution in [2.45, 2.75) is 13.5 Å². The molecular formula is C16H14O2S. The number of fused-ring (bicyclic) bond motifs is 1. The van der Waals surface area contributed by atoms with Gasteiger partial charge in [-0.05, 0) is 48.2 Å². The Bertz CT molecular complexity index is 698. The van der Waals surface area contributed by atoms with Crippen LogP contribution in [-0.4, -0.2) is 5.11 Å². The molecule has 0 aliphatic carbocycles. The summed E-state index contributed by atoms with van der Waals surface area (Å²) in [6.07, 6.45) is 0. The summed E-state index contributed by atoms with van der Waals surface area (Å²) in [7, 11) is 0. The van der Waals surface area contributed by atoms with Gasteiger partial charge < -0.3 is 9.84 Å². The minimum atomic E-state index is 0.254. The predicted octanol–water partition coefficient (Wildman–Crippen LogP) is 4.49. The molecule has 0 saturated carbocycles. The molecule has 0 radical (unpaired) electrons. The third kappa shape index (κ3) is 2.56. The number of phenols is 1. The highest BCUT2D eigenvalue weighted by atomic mass is 32.1. The van der Waals surface area contributed by atoms with Gasteiger partial charge in [0, 0.05) is 9.58 Å². The first-order valence-electron chi connectivity index (χ1n) is 6.12. The van der Waals surface area contributed by atoms with Gasteiger partial charge in [0.1, 0.15) is 18.1 Å². The number of phenolic OH excluding ortho intramolecular Hbond substituents is 1. The van der Waals surface area contributed by atoms with Crippen LogP contribution in [0, 0.1) is 6.92 Å². The highest BCUT2D eigenvalue weighted by Crippen LogP contribution is 2.29. The van der Waals surface area contributed by atoms with Crippen LogP contribution >= 0.6 is 11.3 Å². The molecule has 3 heteroatoms. The van der Waals surface area contributed by atoms with Crippen molar-refractivity contribution in [3.8, 4) is 11.5 Å². The van der Waals surface area contributed by atoms with Crippen molar-refractivity contribution in [2.75, 3.05) is 0 Å². The van der Waals surface area contributed by atoms with E-state index in [1.54, 1.807) is 35.6 Å². The Morgan fingerprint density at radius 1 is 1.11 bits per heavy atom. The molecule has 96 valence electrons. The molecule has 0 unspecified atom stereocenters. The van der Waals surface area contributed by atoms with Crippen molar-refractivity contribution in [1.82, 2.24) is 0 Å². The van der Waals surface area contributed by atoms with Crippen LogP contribution in [0.5, 0.6) is 11.5 Å². The lowest BCUT2D eigenvalue weighted by Crippen LogP contribution is -1.91. The van der Waals surface area contributed by atoms with Gasteiger partial charge in [0.15, 0.2) is 0 Å². The number of benzene rings is 2. The number of thiophene rings is 1. The smallest absolute Gasteiger partial charge is 0.122 e. The van der Waals surface area contributed by atoms with Crippen molar-refractivity contribution in [2.24, 2.45) is 0 Å². The molecule has 19 heavy (non-hydrogen) atoms. The number of hydrogen-bond donors (Lipinski definition) is 1. The maximum absolute atomic E-state index is 9.21. The third-order valence-corrected chi connectivity index (χ3v) is 4.27. The second-order valence-electron chi connectivity index (χ2n) is 4.49. The molecular weight excluding hydrogens is 256 g/mol. The third-order valence-electron chi connectivity index (χ3n) is 3.01. The van der Waals surface area contributed by atoms with Crippen molar-refractivity contribution in [1.29, 1.82) is 0 Å². The monoisotopic (exact) mass is 270 g/mol. The number of rotatable bonds is 3. The van der Waals surface area contributed by atoms with Crippen LogP contribution in [0.2, 0.25) is 0 Å². The fourth-order valence-electron chi connectivity index (χ4n) is 2.03. The molecule has 0 amide bonds. The van der Waals surface area contributed by atoms with Crippen LogP contribution < -0.4 is 4.74 Å². The lowest BCUT2D eigenvalue weighted by Gasteiger charge is -2.03. The summed E-state index contributed by atoms with van der Waals surface area (Å²) in [5.74, 6) is 1.02. The van der Waals surface area contributed by atoms with Crippen molar-refractivity contribution < 1.29 is 9.84 Å². The number of ether oxygens (including phenoxy) is 1. The molecule has 3 aromatic rings. The summed E-state index contributed by atoms with van der Waals surface area (Å²) in [5, 5.41) is 10.5. The first kappa shape index (κ1) is 12.1. The molecule has 0 aliphatic rings. The first-order valence-corrected chi connectivity index (χ1v) is 6.94. The SMILES string of the molecule is Cc1cccc2cc(COc3ccc(O)cc3)sc12. The Morgan fingerprint density at radius 3 is 2.63 bits per heavy atom. The summed E-state index contributed by atoms with van der Waals surface area (Å²) in [4.78, 5) is 1.21. The highest BCUT2D eigenvalue weighted by molar-refractivity contribution is 7.19. The topological polar surface area (TPSA) is 29.5 Å². The highest BCUT2D eigenvalue weighted by Gasteiger charge is 2.04. The molecule has 0 spiro atoms. The van der Waals surface area contributed by atoms with E-state index in [1.807, 2.05) is 0 Å². The van der Waals surface area contributed by atoms with E-state index >= 15 is 0 Å². The predicted molar refractivity (Wildman–Crippen MR) is 79.0 cm³/mol. The first-order chi connectivity index (χ1) is 9.22. The molecule has 3 rings (SSSR count). The van der Waals surface area contributed by atoms with Crippen LogP contribution in [-0.2, 0) is 6.61 Å². The van der Waals surface area contributed by atoms with Crippen molar-refractivity contribution in [3.05, 3.63) is 59.0 Å². The summed E-state index contributed by atoms with van der Waals surface area (Å²) in [6, 6.07) is 15.3. The molecule has 0 bridgehead atoms. The van der Waals surface area contributed by atoms with Crippen LogP contribution in [0.25, 0.3) is 10.1 Å². The Morgan fingerprint density at radius 2 is 1.89 bits per heavy atom. The molecule has 1 aromatic heterocycles. The molecule has 2 aromatic carbocycles. The zero-order valence-electron chi connectivity index (χ0n) is 10.6. The molecule has 0 saturated heterocycles. The van der Waals surface area contributed by atoms with Crippen LogP contribution in [0.3, 0.4) is 0 Å². The summed E-state index contributed by atoms with van der Waals surface area (Å²) in [5.41, 5.74) is 1.30. The van der Waals surface area contributed by atoms with Gasteiger partial charge in [-0.15, -0.1) is 11.3 Å². The standard InChI is InChI=1S/C16H14O2S/c1-11-3-2-4-12-9-15(19-16(11)12)10-18-14-7-5-13(17)6-8-14/h2-9,17H,10H2,1H3. The zero-order chi connectivity index (χ0) is 13.2. The van der Waals surface area contributed by atoms with E-state index in [0.717, 1.165) is 5.75 Å². The minimum absolute atomic E-state index is 0.254. The van der Waals surface area contributed by atoms with Crippen LogP contribution in [0.15, 0.2) is 48.5 Å². The van der Waals surface area contributed by atoms with E-state index in [9.17, 15) is 5.11 Å². The van der Waals surface area contributed by atoms with Crippen LogP contribution in [0.4, 0.5) is 0 Å². The summed E-state index contributed by atoms with van der Waals surface area (Å²) in [6.45, 7) is 2.69. The zero-order valence-corrected chi connectivity index (χ0v) is 11.4. The van der Waals surface area contributed by atoms with Gasteiger partial charge in [-0.1, -0.05) is 18.2 Å². The van der Waals surface area contributed by atoms with Crippen molar-refractivity contribution >= 4 is 21.4 Å². The fraction of sp³-hybridized carbons (Fsp3) is 0.125. The van der Waals surface area contributed by atoms with E-state index < -0.39 is 0 Å². The second kappa shape index (κ2) is 4.94. The lowest BCUT2D eigenvalue weighted by molar-refractivity contribution is 0.309. The number of aryl methyl sites for hydroxylation is 1. The number of hydrogen-bond acceptors (Lipinski definition) is 3. The van der Waals surface area contributed by atoms with E-state index in [0.29, 0.717) is 6.61 Å². The van der Waals surface area contributed by atoms with Gasteiger partial charge in [0.2, 0.25) is 0 Å². The van der Waals surface area contributed by atoms with Crippen molar-refractivity contribution in [3.63, 3.8) is 0 Å². The quantitative estimate of drug-likeness (QED) is 0.759. The Kier molecular flexibility index (Phi) is 3.13. The van der Waals surface area contributed by atoms with Gasteiger partial charge >= 0.3 is 0 Å². The van der Waals surface area contributed by atoms with Crippen LogP contribution in [0.1, 0.15) is 10.4 Å². The van der Waals surface area contributed by atoms with E-state index in [2.05, 4.69) is 31.2 Å². The van der Waals surface area contributed by atoms with Gasteiger partial charge in [0.25, 0.3) is 0 Å². The Balaban J connectivity index is 1.78. The Hall–Kier alpha value is -2.00. The summed E-state index contributed by atoms with van der Waals surface area (Å²) < 4.78 is 7.04. The second-order valence-corrected chi connectivity index (χ2v) is 5.63. The molecule has 2 nitrogen and oxygen atoms in total. The average molecular weight is 270 g/mol. The normalized spacial score (nSPS) is 10.8.